The molecule has 2 rings (SSSR count). The van der Waals surface area contributed by atoms with Crippen LogP contribution < -0.4 is 5.32 Å². The number of nitrogens with zero attached hydrogens (tertiary/aromatic N) is 2. The molecule has 0 saturated heterocycles. The smallest absolute Gasteiger partial charge is 0.321 e. The predicted molar refractivity (Wildman–Crippen MR) is 78.0 cm³/mol. The molecule has 0 heterocycles. The highest BCUT2D eigenvalue weighted by Crippen LogP contribution is 2.13. The van der Waals surface area contributed by atoms with E-state index in [-0.39, 0.29) is 12.1 Å². The van der Waals surface area contributed by atoms with Gasteiger partial charge in [0.15, 0.2) is 0 Å². The highest BCUT2D eigenvalue weighted by Gasteiger charge is 2.12. The highest BCUT2D eigenvalue weighted by atomic mass is 19.1. The van der Waals surface area contributed by atoms with Crippen molar-refractivity contribution in [1.82, 2.24) is 4.90 Å². The van der Waals surface area contributed by atoms with Crippen LogP contribution in [0, 0.1) is 23.0 Å². The summed E-state index contributed by atoms with van der Waals surface area (Å²) in [5.74, 6) is -1.36. The first-order chi connectivity index (χ1) is 10.5. The molecule has 2 aromatic carbocycles. The highest BCUT2D eigenvalue weighted by molar-refractivity contribution is 5.89. The number of hydrogen-bond donors (Lipinski definition) is 1. The van der Waals surface area contributed by atoms with Crippen molar-refractivity contribution in [2.45, 2.75) is 6.54 Å². The molecule has 112 valence electrons. The Bertz CT molecular complexity index is 723. The molecule has 1 N–H and O–H groups in total. The summed E-state index contributed by atoms with van der Waals surface area (Å²) in [6.07, 6.45) is 0. The van der Waals surface area contributed by atoms with Crippen LogP contribution in [0.2, 0.25) is 0 Å². The molecule has 0 aliphatic carbocycles. The lowest BCUT2D eigenvalue weighted by atomic mass is 10.2. The average Bonchev–Trinajstić information content (AvgIpc) is 2.50. The van der Waals surface area contributed by atoms with E-state index in [1.165, 1.54) is 18.0 Å². The van der Waals surface area contributed by atoms with Crippen molar-refractivity contribution in [3.05, 3.63) is 65.2 Å². The van der Waals surface area contributed by atoms with Crippen LogP contribution in [0.3, 0.4) is 0 Å². The first kappa shape index (κ1) is 15.4. The summed E-state index contributed by atoms with van der Waals surface area (Å²) in [5, 5.41) is 11.3. The fourth-order valence-corrected chi connectivity index (χ4v) is 1.82. The van der Waals surface area contributed by atoms with Crippen molar-refractivity contribution in [2.75, 3.05) is 12.4 Å². The zero-order valence-electron chi connectivity index (χ0n) is 11.8. The minimum atomic E-state index is -0.696. The lowest BCUT2D eigenvalue weighted by Gasteiger charge is -2.18. The number of carbonyl (C=O) groups is 1. The van der Waals surface area contributed by atoms with E-state index in [4.69, 9.17) is 5.26 Å². The predicted octanol–water partition coefficient (Wildman–Crippen LogP) is 3.50. The summed E-state index contributed by atoms with van der Waals surface area (Å²) >= 11 is 0. The van der Waals surface area contributed by atoms with Crippen LogP contribution in [0.1, 0.15) is 11.1 Å². The van der Waals surface area contributed by atoms with Gasteiger partial charge in [0.2, 0.25) is 0 Å². The Balaban J connectivity index is 2.01. The van der Waals surface area contributed by atoms with Gasteiger partial charge < -0.3 is 10.2 Å². The lowest BCUT2D eigenvalue weighted by Crippen LogP contribution is -2.31. The van der Waals surface area contributed by atoms with Crippen LogP contribution in [0.15, 0.2) is 42.5 Å². The van der Waals surface area contributed by atoms with Crippen molar-refractivity contribution in [3.8, 4) is 6.07 Å². The van der Waals surface area contributed by atoms with E-state index in [9.17, 15) is 13.6 Å². The monoisotopic (exact) mass is 301 g/mol. The topological polar surface area (TPSA) is 56.1 Å². The number of amides is 2. The first-order valence-electron chi connectivity index (χ1n) is 6.46. The van der Waals surface area contributed by atoms with Crippen LogP contribution in [0.5, 0.6) is 0 Å². The maximum absolute atomic E-state index is 13.6. The maximum Gasteiger partial charge on any atom is 0.321 e. The van der Waals surface area contributed by atoms with Gasteiger partial charge in [-0.15, -0.1) is 0 Å². The van der Waals surface area contributed by atoms with E-state index in [2.05, 4.69) is 5.32 Å². The quantitative estimate of drug-likeness (QED) is 0.943. The molecule has 22 heavy (non-hydrogen) atoms. The van der Waals surface area contributed by atoms with Crippen molar-refractivity contribution < 1.29 is 13.6 Å². The summed E-state index contributed by atoms with van der Waals surface area (Å²) in [6.45, 7) is 0.00816. The molecule has 2 aromatic rings. The van der Waals surface area contributed by atoms with Gasteiger partial charge in [0, 0.05) is 30.9 Å². The first-order valence-corrected chi connectivity index (χ1v) is 6.46. The maximum atomic E-state index is 13.6. The molecule has 0 radical (unpaired) electrons. The number of benzene rings is 2. The third kappa shape index (κ3) is 3.79. The SMILES string of the molecule is CN(Cc1ccc(F)cc1F)C(=O)Nc1ccc(C#N)cc1. The van der Waals surface area contributed by atoms with E-state index >= 15 is 0 Å². The molecule has 0 spiro atoms. The Labute approximate surface area is 126 Å². The number of halogens is 2. The summed E-state index contributed by atoms with van der Waals surface area (Å²) in [4.78, 5) is 13.3. The molecule has 0 fully saturated rings. The van der Waals surface area contributed by atoms with Crippen LogP contribution in [-0.2, 0) is 6.54 Å². The van der Waals surface area contributed by atoms with Gasteiger partial charge in [0.25, 0.3) is 0 Å². The van der Waals surface area contributed by atoms with E-state index < -0.39 is 17.7 Å². The van der Waals surface area contributed by atoms with Crippen LogP contribution in [0.25, 0.3) is 0 Å². The number of nitriles is 1. The Morgan fingerprint density at radius 3 is 2.50 bits per heavy atom. The van der Waals surface area contributed by atoms with Gasteiger partial charge in [0.05, 0.1) is 11.6 Å². The molecule has 6 heteroatoms. The van der Waals surface area contributed by atoms with Gasteiger partial charge in [-0.05, 0) is 30.3 Å². The second kappa shape index (κ2) is 6.68. The molecule has 0 unspecified atom stereocenters. The fraction of sp³-hybridized carbons (Fsp3) is 0.125. The van der Waals surface area contributed by atoms with Crippen LogP contribution >= 0.6 is 0 Å². The number of rotatable bonds is 3. The molecule has 0 atom stereocenters. The van der Waals surface area contributed by atoms with Gasteiger partial charge in [0.1, 0.15) is 11.6 Å². The Hall–Kier alpha value is -2.94. The number of anilines is 1. The molecule has 0 aliphatic heterocycles. The van der Waals surface area contributed by atoms with E-state index in [0.29, 0.717) is 11.3 Å². The molecule has 0 bridgehead atoms. The zero-order chi connectivity index (χ0) is 16.1. The number of urea groups is 1. The summed E-state index contributed by atoms with van der Waals surface area (Å²) in [5.41, 5.74) is 1.23. The zero-order valence-corrected chi connectivity index (χ0v) is 11.8. The number of nitrogens with one attached hydrogen (secondary N) is 1. The van der Waals surface area contributed by atoms with Crippen LogP contribution in [-0.4, -0.2) is 18.0 Å². The largest absolute Gasteiger partial charge is 0.323 e. The molecular weight excluding hydrogens is 288 g/mol. The minimum absolute atomic E-state index is 0.00816. The molecule has 0 aliphatic rings. The van der Waals surface area contributed by atoms with Gasteiger partial charge in [-0.2, -0.15) is 5.26 Å². The normalized spacial score (nSPS) is 9.91. The Kier molecular flexibility index (Phi) is 4.69. The summed E-state index contributed by atoms with van der Waals surface area (Å²) < 4.78 is 26.4. The van der Waals surface area contributed by atoms with Gasteiger partial charge in [-0.1, -0.05) is 6.07 Å². The van der Waals surface area contributed by atoms with Crippen molar-refractivity contribution in [3.63, 3.8) is 0 Å². The lowest BCUT2D eigenvalue weighted by molar-refractivity contribution is 0.220. The van der Waals surface area contributed by atoms with E-state index in [1.54, 1.807) is 24.3 Å². The standard InChI is InChI=1S/C16H13F2N3O/c1-21(10-12-4-5-13(17)8-15(12)18)16(22)20-14-6-2-11(9-19)3-7-14/h2-8H,10H2,1H3,(H,20,22). The summed E-state index contributed by atoms with van der Waals surface area (Å²) in [6, 6.07) is 11.1. The van der Waals surface area contributed by atoms with E-state index in [1.807, 2.05) is 6.07 Å². The second-order valence-corrected chi connectivity index (χ2v) is 4.71. The third-order valence-corrected chi connectivity index (χ3v) is 3.03. The molecule has 0 saturated carbocycles. The Morgan fingerprint density at radius 2 is 1.91 bits per heavy atom. The molecule has 0 aromatic heterocycles. The van der Waals surface area contributed by atoms with E-state index in [0.717, 1.165) is 12.1 Å². The Morgan fingerprint density at radius 1 is 1.23 bits per heavy atom. The third-order valence-electron chi connectivity index (χ3n) is 3.03. The molecule has 4 nitrogen and oxygen atoms in total. The molecular formula is C16H13F2N3O. The number of hydrogen-bond acceptors (Lipinski definition) is 2. The fourth-order valence-electron chi connectivity index (χ4n) is 1.82. The van der Waals surface area contributed by atoms with Gasteiger partial charge >= 0.3 is 6.03 Å². The summed E-state index contributed by atoms with van der Waals surface area (Å²) in [7, 11) is 1.50. The van der Waals surface area contributed by atoms with Crippen LogP contribution in [0.4, 0.5) is 19.3 Å². The number of carbonyl (C=O) groups excluding carboxylic acids is 1. The average molecular weight is 301 g/mol. The van der Waals surface area contributed by atoms with Crippen molar-refractivity contribution in [1.29, 1.82) is 5.26 Å². The van der Waals surface area contributed by atoms with Crippen molar-refractivity contribution >= 4 is 11.7 Å². The second-order valence-electron chi connectivity index (χ2n) is 4.71. The van der Waals surface area contributed by atoms with Gasteiger partial charge in [-0.25, -0.2) is 13.6 Å². The minimum Gasteiger partial charge on any atom is -0.323 e. The van der Waals surface area contributed by atoms with Gasteiger partial charge in [-0.3, -0.25) is 0 Å². The van der Waals surface area contributed by atoms with Crippen molar-refractivity contribution in [2.24, 2.45) is 0 Å². The molecule has 2 amide bonds.